The maximum absolute atomic E-state index is 5.88. The highest BCUT2D eigenvalue weighted by Gasteiger charge is 2.25. The van der Waals surface area contributed by atoms with Crippen molar-refractivity contribution >= 4 is 5.82 Å². The number of aryl methyl sites for hydroxylation is 1. The zero-order valence-corrected chi connectivity index (χ0v) is 12.1. The molecule has 0 bridgehead atoms. The highest BCUT2D eigenvalue weighted by atomic mass is 16.5. The number of anilines is 1. The van der Waals surface area contributed by atoms with Crippen molar-refractivity contribution in [2.45, 2.75) is 19.6 Å². The maximum atomic E-state index is 5.88. The van der Waals surface area contributed by atoms with Crippen molar-refractivity contribution in [3.8, 4) is 0 Å². The van der Waals surface area contributed by atoms with Gasteiger partial charge in [-0.25, -0.2) is 4.98 Å². The van der Waals surface area contributed by atoms with E-state index in [0.29, 0.717) is 12.4 Å². The second kappa shape index (κ2) is 6.15. The molecule has 1 aliphatic rings. The van der Waals surface area contributed by atoms with Gasteiger partial charge < -0.3 is 10.5 Å². The zero-order valence-electron chi connectivity index (χ0n) is 12.1. The summed E-state index contributed by atoms with van der Waals surface area (Å²) in [5, 5.41) is 0. The fourth-order valence-electron chi connectivity index (χ4n) is 2.47. The molecule has 6 nitrogen and oxygen atoms in total. The smallest absolute Gasteiger partial charge is 0.147 e. The summed E-state index contributed by atoms with van der Waals surface area (Å²) >= 11 is 0. The summed E-state index contributed by atoms with van der Waals surface area (Å²) in [7, 11) is 0. The number of nitrogens with zero attached hydrogens (tertiary/aromatic N) is 4. The van der Waals surface area contributed by atoms with E-state index >= 15 is 0 Å². The van der Waals surface area contributed by atoms with Crippen LogP contribution in [0.15, 0.2) is 30.7 Å². The Morgan fingerprint density at radius 1 is 1.29 bits per heavy atom. The average Bonchev–Trinajstić information content (AvgIpc) is 2.50. The molecule has 3 rings (SSSR count). The van der Waals surface area contributed by atoms with Gasteiger partial charge in [0.2, 0.25) is 0 Å². The Bertz CT molecular complexity index is 601. The van der Waals surface area contributed by atoms with Gasteiger partial charge in [0, 0.05) is 43.9 Å². The lowest BCUT2D eigenvalue weighted by Gasteiger charge is -2.32. The predicted octanol–water partition coefficient (Wildman–Crippen LogP) is 1.34. The van der Waals surface area contributed by atoms with E-state index in [9.17, 15) is 0 Å². The third kappa shape index (κ3) is 3.34. The number of aromatic nitrogens is 3. The van der Waals surface area contributed by atoms with Crippen LogP contribution in [0.25, 0.3) is 0 Å². The van der Waals surface area contributed by atoms with Crippen molar-refractivity contribution in [2.75, 3.05) is 25.4 Å². The Balaban J connectivity index is 1.68. The molecule has 0 unspecified atom stereocenters. The van der Waals surface area contributed by atoms with E-state index in [1.807, 2.05) is 19.2 Å². The van der Waals surface area contributed by atoms with Gasteiger partial charge in [-0.1, -0.05) is 6.07 Å². The molecule has 0 amide bonds. The van der Waals surface area contributed by atoms with E-state index in [1.54, 1.807) is 12.4 Å². The highest BCUT2D eigenvalue weighted by molar-refractivity contribution is 5.35. The molecular weight excluding hydrogens is 266 g/mol. The standard InChI is InChI=1S/C15H19N5O/c1-11-2-3-12(8-19-11)9-20-6-7-21-13(10-20)14-15(16)18-5-4-17-14/h2-5,8,13H,6-7,9-10H2,1H3,(H2,16,18)/t13-/m1/s1. The number of ether oxygens (including phenoxy) is 1. The molecule has 2 aromatic rings. The minimum Gasteiger partial charge on any atom is -0.382 e. The minimum absolute atomic E-state index is 0.120. The van der Waals surface area contributed by atoms with Gasteiger partial charge in [-0.2, -0.15) is 0 Å². The number of nitrogens with two attached hydrogens (primary N) is 1. The van der Waals surface area contributed by atoms with Crippen LogP contribution in [0.2, 0.25) is 0 Å². The molecule has 1 fully saturated rings. The van der Waals surface area contributed by atoms with E-state index in [4.69, 9.17) is 10.5 Å². The van der Waals surface area contributed by atoms with E-state index < -0.39 is 0 Å². The van der Waals surface area contributed by atoms with Crippen LogP contribution in [0.5, 0.6) is 0 Å². The molecule has 0 aliphatic carbocycles. The number of pyridine rings is 1. The molecule has 3 heterocycles. The summed E-state index contributed by atoms with van der Waals surface area (Å²) < 4.78 is 5.79. The molecule has 110 valence electrons. The Kier molecular flexibility index (Phi) is 4.08. The summed E-state index contributed by atoms with van der Waals surface area (Å²) in [5.41, 5.74) is 8.85. The molecule has 1 atom stereocenters. The first kappa shape index (κ1) is 13.9. The Labute approximate surface area is 124 Å². The number of nitrogen functional groups attached to an aromatic ring is 1. The highest BCUT2D eigenvalue weighted by Crippen LogP contribution is 2.24. The number of hydrogen-bond acceptors (Lipinski definition) is 6. The van der Waals surface area contributed by atoms with Crippen LogP contribution < -0.4 is 5.73 Å². The summed E-state index contributed by atoms with van der Waals surface area (Å²) in [6, 6.07) is 4.15. The molecule has 2 N–H and O–H groups in total. The molecule has 1 saturated heterocycles. The van der Waals surface area contributed by atoms with Gasteiger partial charge in [-0.05, 0) is 18.6 Å². The Morgan fingerprint density at radius 2 is 2.14 bits per heavy atom. The molecule has 2 aromatic heterocycles. The molecule has 0 spiro atoms. The van der Waals surface area contributed by atoms with Gasteiger partial charge in [0.15, 0.2) is 0 Å². The van der Waals surface area contributed by atoms with Gasteiger partial charge in [-0.3, -0.25) is 14.9 Å². The number of rotatable bonds is 3. The lowest BCUT2D eigenvalue weighted by atomic mass is 10.1. The van der Waals surface area contributed by atoms with Gasteiger partial charge in [0.25, 0.3) is 0 Å². The lowest BCUT2D eigenvalue weighted by Crippen LogP contribution is -2.38. The SMILES string of the molecule is Cc1ccc(CN2CCO[C@@H](c3nccnc3N)C2)cn1. The average molecular weight is 285 g/mol. The molecule has 1 aliphatic heterocycles. The summed E-state index contributed by atoms with van der Waals surface area (Å²) in [6.45, 7) is 5.17. The number of hydrogen-bond donors (Lipinski definition) is 1. The van der Waals surface area contributed by atoms with Crippen molar-refractivity contribution in [2.24, 2.45) is 0 Å². The second-order valence-electron chi connectivity index (χ2n) is 5.23. The number of morpholine rings is 1. The Morgan fingerprint density at radius 3 is 2.90 bits per heavy atom. The second-order valence-corrected chi connectivity index (χ2v) is 5.23. The normalized spacial score (nSPS) is 19.6. The van der Waals surface area contributed by atoms with Crippen molar-refractivity contribution < 1.29 is 4.74 Å². The molecule has 0 saturated carbocycles. The third-order valence-electron chi connectivity index (χ3n) is 3.59. The maximum Gasteiger partial charge on any atom is 0.147 e. The molecule has 6 heteroatoms. The fourth-order valence-corrected chi connectivity index (χ4v) is 2.47. The Hall–Kier alpha value is -2.05. The molecule has 0 aromatic carbocycles. The minimum atomic E-state index is -0.120. The quantitative estimate of drug-likeness (QED) is 0.917. The molecular formula is C15H19N5O. The van der Waals surface area contributed by atoms with E-state index in [-0.39, 0.29) is 6.10 Å². The van der Waals surface area contributed by atoms with Crippen molar-refractivity contribution in [1.82, 2.24) is 19.9 Å². The van der Waals surface area contributed by atoms with Gasteiger partial charge in [0.1, 0.15) is 17.6 Å². The monoisotopic (exact) mass is 285 g/mol. The fraction of sp³-hybridized carbons (Fsp3) is 0.400. The van der Waals surface area contributed by atoms with Crippen LogP contribution in [0.3, 0.4) is 0 Å². The topological polar surface area (TPSA) is 77.2 Å². The third-order valence-corrected chi connectivity index (χ3v) is 3.59. The largest absolute Gasteiger partial charge is 0.382 e. The van der Waals surface area contributed by atoms with Crippen molar-refractivity contribution in [1.29, 1.82) is 0 Å². The first-order valence-electron chi connectivity index (χ1n) is 7.04. The van der Waals surface area contributed by atoms with Gasteiger partial charge in [-0.15, -0.1) is 0 Å². The predicted molar refractivity (Wildman–Crippen MR) is 79.4 cm³/mol. The van der Waals surface area contributed by atoms with Crippen molar-refractivity contribution in [3.05, 3.63) is 47.7 Å². The lowest BCUT2D eigenvalue weighted by molar-refractivity contribution is -0.0347. The zero-order chi connectivity index (χ0) is 14.7. The summed E-state index contributed by atoms with van der Waals surface area (Å²) in [6.07, 6.45) is 5.05. The van der Waals surface area contributed by atoms with Crippen molar-refractivity contribution in [3.63, 3.8) is 0 Å². The van der Waals surface area contributed by atoms with Crippen LogP contribution in [-0.2, 0) is 11.3 Å². The summed E-state index contributed by atoms with van der Waals surface area (Å²) in [5.74, 6) is 0.446. The van der Waals surface area contributed by atoms with Crippen LogP contribution in [0, 0.1) is 6.92 Å². The van der Waals surface area contributed by atoms with Gasteiger partial charge in [0.05, 0.1) is 6.61 Å². The van der Waals surface area contributed by atoms with Crippen LogP contribution in [-0.4, -0.2) is 39.5 Å². The van der Waals surface area contributed by atoms with E-state index in [0.717, 1.165) is 31.0 Å². The first-order valence-corrected chi connectivity index (χ1v) is 7.04. The van der Waals surface area contributed by atoms with E-state index in [2.05, 4.69) is 25.9 Å². The van der Waals surface area contributed by atoms with Crippen LogP contribution in [0.1, 0.15) is 23.1 Å². The van der Waals surface area contributed by atoms with Crippen LogP contribution >= 0.6 is 0 Å². The first-order chi connectivity index (χ1) is 10.2. The molecule has 0 radical (unpaired) electrons. The summed E-state index contributed by atoms with van der Waals surface area (Å²) in [4.78, 5) is 15.0. The van der Waals surface area contributed by atoms with E-state index in [1.165, 1.54) is 5.56 Å². The molecule has 21 heavy (non-hydrogen) atoms. The van der Waals surface area contributed by atoms with Crippen LogP contribution in [0.4, 0.5) is 5.82 Å². The van der Waals surface area contributed by atoms with Gasteiger partial charge >= 0.3 is 0 Å².